The first-order valence-corrected chi connectivity index (χ1v) is 7.04. The highest BCUT2D eigenvalue weighted by Gasteiger charge is 2.09. The number of aliphatic hydroxyl groups excluding tert-OH is 2. The van der Waals surface area contributed by atoms with Crippen molar-refractivity contribution in [1.82, 2.24) is 4.98 Å². The van der Waals surface area contributed by atoms with E-state index in [9.17, 15) is 5.11 Å². The van der Waals surface area contributed by atoms with Crippen LogP contribution < -0.4 is 5.32 Å². The molecule has 1 atom stereocenters. The van der Waals surface area contributed by atoms with Crippen LogP contribution in [0, 0.1) is 6.92 Å². The van der Waals surface area contributed by atoms with Crippen LogP contribution in [0.4, 0.5) is 5.69 Å². The predicted molar refractivity (Wildman–Crippen MR) is 83.8 cm³/mol. The Balaban J connectivity index is 2.40. The van der Waals surface area contributed by atoms with E-state index >= 15 is 0 Å². The first-order chi connectivity index (χ1) is 10.0. The van der Waals surface area contributed by atoms with E-state index in [2.05, 4.69) is 10.3 Å². The number of rotatable bonds is 6. The number of hydrogen-bond donors (Lipinski definition) is 3. The Hall–Kier alpha value is -1.40. The zero-order valence-electron chi connectivity index (χ0n) is 12.1. The van der Waals surface area contributed by atoms with E-state index in [1.54, 1.807) is 13.2 Å². The van der Waals surface area contributed by atoms with E-state index in [0.717, 1.165) is 27.7 Å². The number of benzene rings is 1. The van der Waals surface area contributed by atoms with Crippen LogP contribution in [0.15, 0.2) is 18.2 Å². The first-order valence-electron chi connectivity index (χ1n) is 6.66. The number of ether oxygens (including phenoxy) is 1. The Morgan fingerprint density at radius 2 is 2.14 bits per heavy atom. The smallest absolute Gasteiger partial charge is 0.130 e. The summed E-state index contributed by atoms with van der Waals surface area (Å²) in [6.07, 6.45) is -0.795. The Morgan fingerprint density at radius 3 is 2.81 bits per heavy atom. The number of halogens is 1. The van der Waals surface area contributed by atoms with Gasteiger partial charge in [0.15, 0.2) is 0 Å². The van der Waals surface area contributed by atoms with Gasteiger partial charge in [-0.1, -0.05) is 11.6 Å². The molecule has 0 saturated carbocycles. The summed E-state index contributed by atoms with van der Waals surface area (Å²) in [5, 5.41) is 22.8. The Bertz CT molecular complexity index is 634. The normalized spacial score (nSPS) is 12.6. The second kappa shape index (κ2) is 7.04. The number of pyridine rings is 1. The quantitative estimate of drug-likeness (QED) is 0.713. The number of fused-ring (bicyclic) bond motifs is 1. The van der Waals surface area contributed by atoms with Crippen molar-refractivity contribution in [2.45, 2.75) is 19.6 Å². The Morgan fingerprint density at radius 1 is 1.38 bits per heavy atom. The lowest BCUT2D eigenvalue weighted by Gasteiger charge is -2.14. The van der Waals surface area contributed by atoms with Gasteiger partial charge in [0.25, 0.3) is 0 Å². The van der Waals surface area contributed by atoms with Gasteiger partial charge in [-0.3, -0.25) is 0 Å². The molecule has 5 nitrogen and oxygen atoms in total. The lowest BCUT2D eigenvalue weighted by Crippen LogP contribution is -2.23. The molecule has 0 radical (unpaired) electrons. The second-order valence-corrected chi connectivity index (χ2v) is 5.33. The summed E-state index contributed by atoms with van der Waals surface area (Å²) in [4.78, 5) is 4.33. The third-order valence-electron chi connectivity index (χ3n) is 3.25. The van der Waals surface area contributed by atoms with Crippen molar-refractivity contribution in [2.75, 3.05) is 25.6 Å². The number of aryl methyl sites for hydroxylation is 1. The highest BCUT2D eigenvalue weighted by atomic mass is 35.5. The highest BCUT2D eigenvalue weighted by molar-refractivity contribution is 6.30. The molecular weight excluding hydrogens is 292 g/mol. The van der Waals surface area contributed by atoms with Crippen LogP contribution >= 0.6 is 11.6 Å². The van der Waals surface area contributed by atoms with Crippen LogP contribution in [-0.4, -0.2) is 41.6 Å². The fourth-order valence-corrected chi connectivity index (χ4v) is 2.40. The molecule has 0 aliphatic carbocycles. The van der Waals surface area contributed by atoms with Crippen molar-refractivity contribution in [3.05, 3.63) is 34.5 Å². The number of hydrogen-bond acceptors (Lipinski definition) is 5. The zero-order valence-corrected chi connectivity index (χ0v) is 12.8. The Kier molecular flexibility index (Phi) is 5.36. The average molecular weight is 311 g/mol. The highest BCUT2D eigenvalue weighted by Crippen LogP contribution is 2.27. The minimum atomic E-state index is -0.795. The summed E-state index contributed by atoms with van der Waals surface area (Å²) in [7, 11) is 1.64. The Labute approximate surface area is 128 Å². The number of nitrogens with zero attached hydrogens (tertiary/aromatic N) is 1. The molecular formula is C15H19ClN2O3. The van der Waals surface area contributed by atoms with Crippen LogP contribution in [0.3, 0.4) is 0 Å². The number of aromatic nitrogens is 1. The number of methoxy groups -OCH3 is 1. The van der Waals surface area contributed by atoms with Gasteiger partial charge in [-0.25, -0.2) is 4.98 Å². The maximum Gasteiger partial charge on any atom is 0.130 e. The van der Waals surface area contributed by atoms with Crippen molar-refractivity contribution in [2.24, 2.45) is 0 Å². The fraction of sp³-hybridized carbons (Fsp3) is 0.400. The first kappa shape index (κ1) is 16.0. The van der Waals surface area contributed by atoms with E-state index in [-0.39, 0.29) is 13.2 Å². The van der Waals surface area contributed by atoms with Crippen LogP contribution in [0.5, 0.6) is 0 Å². The second-order valence-electron chi connectivity index (χ2n) is 4.94. The molecule has 2 aromatic rings. The van der Waals surface area contributed by atoms with Crippen molar-refractivity contribution in [3.8, 4) is 0 Å². The molecule has 0 amide bonds. The van der Waals surface area contributed by atoms with Crippen LogP contribution in [0.25, 0.3) is 10.9 Å². The van der Waals surface area contributed by atoms with Crippen LogP contribution in [0.2, 0.25) is 5.15 Å². The van der Waals surface area contributed by atoms with Gasteiger partial charge in [0, 0.05) is 24.7 Å². The van der Waals surface area contributed by atoms with Crippen molar-refractivity contribution < 1.29 is 14.9 Å². The van der Waals surface area contributed by atoms with Crippen molar-refractivity contribution in [3.63, 3.8) is 0 Å². The lowest BCUT2D eigenvalue weighted by molar-refractivity contribution is 0.105. The summed E-state index contributed by atoms with van der Waals surface area (Å²) in [6, 6.07) is 5.70. The molecule has 21 heavy (non-hydrogen) atoms. The molecule has 6 heteroatoms. The predicted octanol–water partition coefficient (Wildman–Crippen LogP) is 2.11. The molecule has 114 valence electrons. The maximum atomic E-state index is 9.42. The molecule has 0 aliphatic heterocycles. The number of aliphatic hydroxyl groups is 2. The third kappa shape index (κ3) is 3.83. The van der Waals surface area contributed by atoms with Crippen LogP contribution in [0.1, 0.15) is 11.1 Å². The van der Waals surface area contributed by atoms with Gasteiger partial charge in [0.1, 0.15) is 5.15 Å². The molecule has 0 saturated heterocycles. The van der Waals surface area contributed by atoms with Gasteiger partial charge < -0.3 is 20.3 Å². The summed E-state index contributed by atoms with van der Waals surface area (Å²) >= 11 is 6.04. The van der Waals surface area contributed by atoms with E-state index in [0.29, 0.717) is 11.8 Å². The molecule has 1 aromatic carbocycles. The van der Waals surface area contributed by atoms with E-state index in [4.69, 9.17) is 21.4 Å². The van der Waals surface area contributed by atoms with E-state index in [1.807, 2.05) is 19.1 Å². The lowest BCUT2D eigenvalue weighted by atomic mass is 10.1. The fourth-order valence-electron chi connectivity index (χ4n) is 2.17. The third-order valence-corrected chi connectivity index (χ3v) is 3.44. The van der Waals surface area contributed by atoms with Gasteiger partial charge in [0.05, 0.1) is 24.8 Å². The molecule has 0 aliphatic rings. The van der Waals surface area contributed by atoms with E-state index in [1.165, 1.54) is 0 Å². The van der Waals surface area contributed by atoms with Crippen molar-refractivity contribution >= 4 is 28.2 Å². The average Bonchev–Trinajstić information content (AvgIpc) is 2.45. The van der Waals surface area contributed by atoms with Gasteiger partial charge >= 0.3 is 0 Å². The summed E-state index contributed by atoms with van der Waals surface area (Å²) in [5.74, 6) is 0. The molecule has 3 N–H and O–H groups in total. The topological polar surface area (TPSA) is 74.6 Å². The molecule has 0 bridgehead atoms. The summed E-state index contributed by atoms with van der Waals surface area (Å²) < 4.78 is 5.19. The maximum absolute atomic E-state index is 9.42. The van der Waals surface area contributed by atoms with Gasteiger partial charge in [-0.2, -0.15) is 0 Å². The minimum absolute atomic E-state index is 0.272. The van der Waals surface area contributed by atoms with E-state index < -0.39 is 6.10 Å². The van der Waals surface area contributed by atoms with Gasteiger partial charge in [-0.15, -0.1) is 0 Å². The zero-order chi connectivity index (χ0) is 15.4. The monoisotopic (exact) mass is 310 g/mol. The summed E-state index contributed by atoms with van der Waals surface area (Å²) in [5.41, 5.74) is 3.63. The standard InChI is InChI=1S/C15H19ClN2O3/c1-9-3-12-10(8-21-2)4-15(16)18-14(12)5-13(9)17-6-11(20)7-19/h3-5,11,17,19-20H,6-8H2,1-2H3. The minimum Gasteiger partial charge on any atom is -0.394 e. The molecule has 1 unspecified atom stereocenters. The van der Waals surface area contributed by atoms with Crippen molar-refractivity contribution in [1.29, 1.82) is 0 Å². The van der Waals surface area contributed by atoms with Gasteiger partial charge in [0.2, 0.25) is 0 Å². The summed E-state index contributed by atoms with van der Waals surface area (Å²) in [6.45, 7) is 2.43. The molecule has 1 heterocycles. The van der Waals surface area contributed by atoms with Gasteiger partial charge in [-0.05, 0) is 36.2 Å². The molecule has 0 fully saturated rings. The SMILES string of the molecule is COCc1cc(Cl)nc2cc(NCC(O)CO)c(C)cc12. The molecule has 2 rings (SSSR count). The van der Waals surface area contributed by atoms with Crippen LogP contribution in [-0.2, 0) is 11.3 Å². The molecule has 0 spiro atoms. The number of nitrogens with one attached hydrogen (secondary N) is 1. The largest absolute Gasteiger partial charge is 0.394 e. The molecule has 1 aromatic heterocycles. The number of anilines is 1.